The second-order valence-electron chi connectivity index (χ2n) is 7.43. The van der Waals surface area contributed by atoms with Crippen LogP contribution in [0.5, 0.6) is 0 Å². The summed E-state index contributed by atoms with van der Waals surface area (Å²) in [5, 5.41) is 3.40. The number of carbonyl (C=O) groups excluding carboxylic acids is 3. The summed E-state index contributed by atoms with van der Waals surface area (Å²) in [7, 11) is 0. The number of aryl methyl sites for hydroxylation is 2. The van der Waals surface area contributed by atoms with Gasteiger partial charge in [0.2, 0.25) is 5.91 Å². The summed E-state index contributed by atoms with van der Waals surface area (Å²) < 4.78 is 8.29. The maximum atomic E-state index is 12.5. The van der Waals surface area contributed by atoms with Gasteiger partial charge in [-0.15, -0.1) is 23.1 Å². The van der Waals surface area contributed by atoms with Gasteiger partial charge in [0.15, 0.2) is 4.80 Å². The van der Waals surface area contributed by atoms with Crippen LogP contribution < -0.4 is 10.1 Å². The molecule has 0 fully saturated rings. The zero-order valence-corrected chi connectivity index (χ0v) is 21.0. The molecule has 0 spiro atoms. The lowest BCUT2D eigenvalue weighted by atomic mass is 10.1. The molecule has 4 rings (SSSR count). The molecule has 2 amide bonds. The van der Waals surface area contributed by atoms with Crippen LogP contribution in [0.2, 0.25) is 0 Å². The molecular formula is C23H25N3O4S3. The van der Waals surface area contributed by atoms with E-state index in [4.69, 9.17) is 4.74 Å². The minimum absolute atomic E-state index is 0.103. The first-order chi connectivity index (χ1) is 16.0. The van der Waals surface area contributed by atoms with Gasteiger partial charge < -0.3 is 14.6 Å². The quantitative estimate of drug-likeness (QED) is 0.464. The summed E-state index contributed by atoms with van der Waals surface area (Å²) in [5.74, 6) is -0.697. The fourth-order valence-corrected chi connectivity index (χ4v) is 6.86. The smallest absolute Gasteiger partial charge is 0.341 e. The molecule has 1 aliphatic rings. The minimum atomic E-state index is -0.388. The van der Waals surface area contributed by atoms with Gasteiger partial charge in [0.25, 0.3) is 5.91 Å². The van der Waals surface area contributed by atoms with E-state index in [1.165, 1.54) is 34.4 Å². The number of hydrogen-bond donors (Lipinski definition) is 1. The van der Waals surface area contributed by atoms with Gasteiger partial charge in [-0.25, -0.2) is 4.79 Å². The van der Waals surface area contributed by atoms with Crippen LogP contribution in [-0.4, -0.2) is 40.5 Å². The molecule has 0 aliphatic heterocycles. The van der Waals surface area contributed by atoms with Crippen molar-refractivity contribution in [2.24, 2.45) is 4.99 Å². The van der Waals surface area contributed by atoms with Crippen LogP contribution in [0.1, 0.15) is 41.1 Å². The van der Waals surface area contributed by atoms with E-state index in [1.54, 1.807) is 6.92 Å². The monoisotopic (exact) mass is 503 g/mol. The van der Waals surface area contributed by atoms with E-state index in [0.717, 1.165) is 46.5 Å². The number of para-hydroxylation sites is 1. The Hall–Kier alpha value is -2.43. The lowest BCUT2D eigenvalue weighted by Crippen LogP contribution is -2.19. The first-order valence-corrected chi connectivity index (χ1v) is 13.7. The van der Waals surface area contributed by atoms with Crippen molar-refractivity contribution >= 4 is 67.4 Å². The Morgan fingerprint density at radius 1 is 1.15 bits per heavy atom. The third kappa shape index (κ3) is 5.23. The van der Waals surface area contributed by atoms with Crippen LogP contribution in [0.15, 0.2) is 29.3 Å². The zero-order valence-electron chi connectivity index (χ0n) is 18.5. The Kier molecular flexibility index (Phi) is 7.67. The van der Waals surface area contributed by atoms with Gasteiger partial charge in [-0.2, -0.15) is 4.99 Å². The molecule has 1 N–H and O–H groups in total. The van der Waals surface area contributed by atoms with E-state index < -0.39 is 0 Å². The molecule has 10 heteroatoms. The van der Waals surface area contributed by atoms with Crippen LogP contribution in [-0.2, 0) is 33.7 Å². The number of nitrogens with one attached hydrogen (secondary N) is 1. The predicted octanol–water partition coefficient (Wildman–Crippen LogP) is 4.25. The average Bonchev–Trinajstić information content (AvgIpc) is 3.45. The maximum absolute atomic E-state index is 12.5. The number of carbonyl (C=O) groups is 3. The minimum Gasteiger partial charge on any atom is -0.462 e. The summed E-state index contributed by atoms with van der Waals surface area (Å²) in [6, 6.07) is 7.97. The van der Waals surface area contributed by atoms with Gasteiger partial charge in [-0.3, -0.25) is 9.59 Å². The summed E-state index contributed by atoms with van der Waals surface area (Å²) in [4.78, 5) is 43.4. The maximum Gasteiger partial charge on any atom is 0.341 e. The number of fused-ring (bicyclic) bond motifs is 2. The van der Waals surface area contributed by atoms with Crippen molar-refractivity contribution in [2.45, 2.75) is 39.7 Å². The topological polar surface area (TPSA) is 89.8 Å². The number of rotatable bonds is 8. The van der Waals surface area contributed by atoms with E-state index in [9.17, 15) is 14.4 Å². The molecule has 33 heavy (non-hydrogen) atoms. The first-order valence-electron chi connectivity index (χ1n) is 10.9. The van der Waals surface area contributed by atoms with Gasteiger partial charge in [0.1, 0.15) is 5.00 Å². The molecular weight excluding hydrogens is 478 g/mol. The van der Waals surface area contributed by atoms with Gasteiger partial charge in [0, 0.05) is 11.4 Å². The Morgan fingerprint density at radius 2 is 1.97 bits per heavy atom. The second kappa shape index (κ2) is 10.7. The van der Waals surface area contributed by atoms with Crippen molar-refractivity contribution in [1.82, 2.24) is 4.57 Å². The highest BCUT2D eigenvalue weighted by molar-refractivity contribution is 8.00. The molecule has 0 saturated heterocycles. The largest absolute Gasteiger partial charge is 0.462 e. The van der Waals surface area contributed by atoms with Crippen molar-refractivity contribution < 1.29 is 19.1 Å². The molecule has 0 bridgehead atoms. The number of amides is 2. The van der Waals surface area contributed by atoms with Crippen LogP contribution in [0.3, 0.4) is 0 Å². The number of benzene rings is 1. The second-order valence-corrected chi connectivity index (χ2v) is 10.5. The fraction of sp³-hybridized carbons (Fsp3) is 0.391. The van der Waals surface area contributed by atoms with E-state index in [2.05, 4.69) is 10.3 Å². The molecule has 1 aromatic carbocycles. The number of thioether (sulfide) groups is 1. The molecule has 174 valence electrons. The number of nitrogens with zero attached hydrogens (tertiary/aromatic N) is 2. The SMILES string of the molecule is CCOC(=O)c1c(NC(=O)CSCC(=O)N=c2sc3ccccc3n2CC)sc2c1CCC2. The fourth-order valence-electron chi connectivity index (χ4n) is 3.86. The van der Waals surface area contributed by atoms with Crippen LogP contribution in [0.4, 0.5) is 5.00 Å². The van der Waals surface area contributed by atoms with Crippen LogP contribution in [0.25, 0.3) is 10.2 Å². The van der Waals surface area contributed by atoms with Crippen LogP contribution >= 0.6 is 34.4 Å². The van der Waals surface area contributed by atoms with Gasteiger partial charge in [-0.05, 0) is 50.8 Å². The Bertz CT molecular complexity index is 1270. The van der Waals surface area contributed by atoms with Gasteiger partial charge in [0.05, 0.1) is 33.9 Å². The molecule has 0 radical (unpaired) electrons. The summed E-state index contributed by atoms with van der Waals surface area (Å²) in [6.07, 6.45) is 2.76. The summed E-state index contributed by atoms with van der Waals surface area (Å²) in [6.45, 7) is 4.80. The predicted molar refractivity (Wildman–Crippen MR) is 134 cm³/mol. The third-order valence-electron chi connectivity index (χ3n) is 5.24. The first kappa shape index (κ1) is 23.7. The van der Waals surface area contributed by atoms with Crippen molar-refractivity contribution in [2.75, 3.05) is 23.4 Å². The number of thiophene rings is 1. The number of esters is 1. The van der Waals surface area contributed by atoms with Crippen LogP contribution in [0, 0.1) is 0 Å². The molecule has 0 atom stereocenters. The number of aromatic nitrogens is 1. The standard InChI is InChI=1S/C23H25N3O4S3/c1-3-26-15-9-5-6-10-17(15)33-23(26)25-19(28)13-31-12-18(27)24-21-20(22(29)30-4-2)14-8-7-11-16(14)32-21/h5-6,9-10H,3-4,7-8,11-13H2,1-2H3,(H,24,27). The van der Waals surface area contributed by atoms with Crippen molar-refractivity contribution in [3.63, 3.8) is 0 Å². The molecule has 0 saturated carbocycles. The Labute approximate surface area is 203 Å². The van der Waals surface area contributed by atoms with Crippen molar-refractivity contribution in [1.29, 1.82) is 0 Å². The number of hydrogen-bond acceptors (Lipinski definition) is 7. The van der Waals surface area contributed by atoms with Crippen molar-refractivity contribution in [3.05, 3.63) is 45.1 Å². The highest BCUT2D eigenvalue weighted by Crippen LogP contribution is 2.39. The van der Waals surface area contributed by atoms with E-state index >= 15 is 0 Å². The van der Waals surface area contributed by atoms with Gasteiger partial charge >= 0.3 is 5.97 Å². The van der Waals surface area contributed by atoms with E-state index in [0.29, 0.717) is 15.4 Å². The number of ether oxygens (including phenoxy) is 1. The lowest BCUT2D eigenvalue weighted by molar-refractivity contribution is -0.115. The number of thiazole rings is 1. The van der Waals surface area contributed by atoms with E-state index in [1.807, 2.05) is 35.8 Å². The van der Waals surface area contributed by atoms with Crippen molar-refractivity contribution in [3.8, 4) is 0 Å². The zero-order chi connectivity index (χ0) is 23.4. The Balaban J connectivity index is 1.37. The van der Waals surface area contributed by atoms with E-state index in [-0.39, 0.29) is 35.9 Å². The molecule has 0 unspecified atom stereocenters. The lowest BCUT2D eigenvalue weighted by Gasteiger charge is -2.07. The average molecular weight is 504 g/mol. The molecule has 2 heterocycles. The summed E-state index contributed by atoms with van der Waals surface area (Å²) in [5.41, 5.74) is 2.56. The molecule has 3 aromatic rings. The van der Waals surface area contributed by atoms with Gasteiger partial charge in [-0.1, -0.05) is 23.5 Å². The summed E-state index contributed by atoms with van der Waals surface area (Å²) >= 11 is 4.14. The Morgan fingerprint density at radius 3 is 2.76 bits per heavy atom. The molecule has 1 aliphatic carbocycles. The highest BCUT2D eigenvalue weighted by atomic mass is 32.2. The molecule has 7 nitrogen and oxygen atoms in total. The molecule has 2 aromatic heterocycles. The number of anilines is 1. The highest BCUT2D eigenvalue weighted by Gasteiger charge is 2.28. The normalized spacial score (nSPS) is 13.3. The third-order valence-corrected chi connectivity index (χ3v) is 8.42.